The summed E-state index contributed by atoms with van der Waals surface area (Å²) in [4.78, 5) is 11.0. The molecule has 3 heteroatoms. The zero-order chi connectivity index (χ0) is 16.6. The molecule has 0 aliphatic heterocycles. The van der Waals surface area contributed by atoms with Crippen LogP contribution in [0.3, 0.4) is 0 Å². The van der Waals surface area contributed by atoms with Gasteiger partial charge in [-0.15, -0.1) is 0 Å². The van der Waals surface area contributed by atoms with E-state index in [0.29, 0.717) is 0 Å². The molecule has 0 aromatic heterocycles. The number of carboxylic acids is 1. The summed E-state index contributed by atoms with van der Waals surface area (Å²) in [5.41, 5.74) is 0.662. The second-order valence-electron chi connectivity index (χ2n) is 8.37. The molecule has 0 saturated heterocycles. The average Bonchev–Trinajstić information content (AvgIpc) is 2.19. The Balaban J connectivity index is 3.14. The summed E-state index contributed by atoms with van der Waals surface area (Å²) in [6.45, 7) is 14.5. The van der Waals surface area contributed by atoms with Crippen molar-refractivity contribution in [2.45, 2.75) is 66.9 Å². The van der Waals surface area contributed by atoms with Crippen molar-refractivity contribution in [2.75, 3.05) is 0 Å². The van der Waals surface area contributed by atoms with E-state index in [1.165, 1.54) is 0 Å². The zero-order valence-corrected chi connectivity index (χ0v) is 14.4. The van der Waals surface area contributed by atoms with E-state index in [1.807, 2.05) is 26.0 Å². The molecular weight excluding hydrogens is 264 g/mol. The highest BCUT2D eigenvalue weighted by molar-refractivity contribution is 5.68. The Morgan fingerprint density at radius 2 is 1.57 bits per heavy atom. The monoisotopic (exact) mass is 294 g/mol. The van der Waals surface area contributed by atoms with Crippen LogP contribution >= 0.6 is 0 Å². The molecule has 0 amide bonds. The molecule has 0 aromatic carbocycles. The molecule has 2 N–H and O–H groups in total. The van der Waals surface area contributed by atoms with Gasteiger partial charge in [0.25, 0.3) is 0 Å². The molecule has 0 spiro atoms. The van der Waals surface area contributed by atoms with Crippen molar-refractivity contribution in [3.05, 3.63) is 23.3 Å². The van der Waals surface area contributed by atoms with Gasteiger partial charge in [0.05, 0.1) is 6.42 Å². The fraction of sp³-hybridized carbons (Fsp3) is 0.722. The van der Waals surface area contributed by atoms with Gasteiger partial charge in [-0.05, 0) is 37.8 Å². The summed E-state index contributed by atoms with van der Waals surface area (Å²) < 4.78 is 0. The predicted molar refractivity (Wildman–Crippen MR) is 86.1 cm³/mol. The van der Waals surface area contributed by atoms with Gasteiger partial charge in [0.15, 0.2) is 0 Å². The standard InChI is InChI=1S/C18H30O3/c1-12-9-18(21,17(6,7)11-16(3,4)5)10-13(2)14(12)8-15(19)20/h9-10,14,21H,8,11H2,1-7H3,(H,19,20). The number of hydrogen-bond acceptors (Lipinski definition) is 2. The fourth-order valence-electron chi connectivity index (χ4n) is 3.65. The number of carboxylic acid groups (broad SMARTS) is 1. The summed E-state index contributed by atoms with van der Waals surface area (Å²) in [7, 11) is 0. The van der Waals surface area contributed by atoms with Gasteiger partial charge in [-0.3, -0.25) is 4.79 Å². The zero-order valence-electron chi connectivity index (χ0n) is 14.4. The van der Waals surface area contributed by atoms with Crippen LogP contribution in [0.25, 0.3) is 0 Å². The molecule has 0 aromatic rings. The van der Waals surface area contributed by atoms with E-state index in [4.69, 9.17) is 5.11 Å². The Kier molecular flexibility index (Phi) is 4.79. The molecular formula is C18H30O3. The van der Waals surface area contributed by atoms with Crippen LogP contribution in [0, 0.1) is 16.7 Å². The van der Waals surface area contributed by atoms with Crippen molar-refractivity contribution < 1.29 is 15.0 Å². The van der Waals surface area contributed by atoms with Crippen molar-refractivity contribution in [2.24, 2.45) is 16.7 Å². The quantitative estimate of drug-likeness (QED) is 0.765. The van der Waals surface area contributed by atoms with Crippen molar-refractivity contribution >= 4 is 5.97 Å². The minimum absolute atomic E-state index is 0.0838. The van der Waals surface area contributed by atoms with Gasteiger partial charge in [-0.25, -0.2) is 0 Å². The number of rotatable bonds is 4. The number of aliphatic carboxylic acids is 1. The van der Waals surface area contributed by atoms with Gasteiger partial charge < -0.3 is 10.2 Å². The third kappa shape index (κ3) is 4.19. The molecule has 1 aliphatic rings. The van der Waals surface area contributed by atoms with Crippen molar-refractivity contribution in [1.29, 1.82) is 0 Å². The van der Waals surface area contributed by atoms with Gasteiger partial charge >= 0.3 is 5.97 Å². The van der Waals surface area contributed by atoms with Crippen LogP contribution in [0.5, 0.6) is 0 Å². The highest BCUT2D eigenvalue weighted by Crippen LogP contribution is 2.47. The first-order valence-corrected chi connectivity index (χ1v) is 7.60. The van der Waals surface area contributed by atoms with Crippen LogP contribution in [0.4, 0.5) is 0 Å². The lowest BCUT2D eigenvalue weighted by Crippen LogP contribution is -2.45. The van der Waals surface area contributed by atoms with E-state index in [2.05, 4.69) is 34.6 Å². The molecule has 0 atom stereocenters. The third-order valence-corrected chi connectivity index (χ3v) is 4.43. The van der Waals surface area contributed by atoms with E-state index < -0.39 is 11.6 Å². The first-order valence-electron chi connectivity index (χ1n) is 7.60. The van der Waals surface area contributed by atoms with Crippen LogP contribution in [0.2, 0.25) is 0 Å². The van der Waals surface area contributed by atoms with Crippen LogP contribution < -0.4 is 0 Å². The molecule has 3 nitrogen and oxygen atoms in total. The summed E-state index contributed by atoms with van der Waals surface area (Å²) >= 11 is 0. The average molecular weight is 294 g/mol. The molecule has 1 rings (SSSR count). The lowest BCUT2D eigenvalue weighted by Gasteiger charge is -2.45. The maximum atomic E-state index is 11.2. The molecule has 1 aliphatic carbocycles. The van der Waals surface area contributed by atoms with Gasteiger partial charge in [-0.2, -0.15) is 0 Å². The molecule has 0 bridgehead atoms. The number of allylic oxidation sites excluding steroid dienone is 2. The summed E-state index contributed by atoms with van der Waals surface area (Å²) in [6.07, 6.45) is 4.67. The van der Waals surface area contributed by atoms with E-state index in [0.717, 1.165) is 17.6 Å². The van der Waals surface area contributed by atoms with Crippen LogP contribution in [0.15, 0.2) is 23.3 Å². The fourth-order valence-corrected chi connectivity index (χ4v) is 3.65. The topological polar surface area (TPSA) is 57.5 Å². The molecule has 21 heavy (non-hydrogen) atoms. The highest BCUT2D eigenvalue weighted by atomic mass is 16.4. The highest BCUT2D eigenvalue weighted by Gasteiger charge is 2.44. The Hall–Kier alpha value is -1.09. The summed E-state index contributed by atoms with van der Waals surface area (Å²) in [5.74, 6) is -0.909. The molecule has 120 valence electrons. The molecule has 0 heterocycles. The first-order chi connectivity index (χ1) is 9.27. The molecule has 0 saturated carbocycles. The second kappa shape index (κ2) is 5.60. The Labute approximate surface area is 128 Å². The second-order valence-corrected chi connectivity index (χ2v) is 8.37. The smallest absolute Gasteiger partial charge is 0.304 e. The maximum Gasteiger partial charge on any atom is 0.304 e. The van der Waals surface area contributed by atoms with Gasteiger partial charge in [0.1, 0.15) is 5.60 Å². The summed E-state index contributed by atoms with van der Waals surface area (Å²) in [5, 5.41) is 20.2. The summed E-state index contributed by atoms with van der Waals surface area (Å²) in [6, 6.07) is 0. The number of aliphatic hydroxyl groups is 1. The SMILES string of the molecule is CC1=CC(O)(C(C)(C)CC(C)(C)C)C=C(C)C1CC(=O)O. The van der Waals surface area contributed by atoms with Gasteiger partial charge in [-0.1, -0.05) is 45.8 Å². The minimum Gasteiger partial charge on any atom is -0.481 e. The van der Waals surface area contributed by atoms with E-state index in [9.17, 15) is 9.90 Å². The lowest BCUT2D eigenvalue weighted by atomic mass is 9.63. The Morgan fingerprint density at radius 3 is 1.90 bits per heavy atom. The first kappa shape index (κ1) is 18.0. The van der Waals surface area contributed by atoms with Gasteiger partial charge in [0.2, 0.25) is 0 Å². The van der Waals surface area contributed by atoms with Crippen LogP contribution in [-0.4, -0.2) is 21.8 Å². The third-order valence-electron chi connectivity index (χ3n) is 4.43. The van der Waals surface area contributed by atoms with Crippen molar-refractivity contribution in [3.8, 4) is 0 Å². The Morgan fingerprint density at radius 1 is 1.14 bits per heavy atom. The lowest BCUT2D eigenvalue weighted by molar-refractivity contribution is -0.137. The van der Waals surface area contributed by atoms with Crippen LogP contribution in [0.1, 0.15) is 61.3 Å². The largest absolute Gasteiger partial charge is 0.481 e. The van der Waals surface area contributed by atoms with Crippen molar-refractivity contribution in [1.82, 2.24) is 0 Å². The maximum absolute atomic E-state index is 11.2. The molecule has 0 fully saturated rings. The minimum atomic E-state index is -1.02. The number of hydrogen-bond donors (Lipinski definition) is 2. The van der Waals surface area contributed by atoms with Crippen LogP contribution in [-0.2, 0) is 4.79 Å². The number of carbonyl (C=O) groups is 1. The molecule has 0 unspecified atom stereocenters. The van der Waals surface area contributed by atoms with Crippen molar-refractivity contribution in [3.63, 3.8) is 0 Å². The normalized spacial score (nSPS) is 27.1. The molecule has 0 radical (unpaired) electrons. The predicted octanol–water partition coefficient (Wildman–Crippen LogP) is 4.18. The van der Waals surface area contributed by atoms with E-state index in [1.54, 1.807) is 0 Å². The van der Waals surface area contributed by atoms with E-state index in [-0.39, 0.29) is 23.2 Å². The van der Waals surface area contributed by atoms with E-state index >= 15 is 0 Å². The van der Waals surface area contributed by atoms with Gasteiger partial charge in [0, 0.05) is 11.3 Å². The Bertz CT molecular complexity index is 455.